The summed E-state index contributed by atoms with van der Waals surface area (Å²) in [6, 6.07) is 5.23. The monoisotopic (exact) mass is 222 g/mol. The summed E-state index contributed by atoms with van der Waals surface area (Å²) in [4.78, 5) is 11.1. The molecule has 0 saturated heterocycles. The molecule has 0 atom stereocenters. The fourth-order valence-electron chi connectivity index (χ4n) is 1.51. The molecule has 3 N–H and O–H groups in total. The van der Waals surface area contributed by atoms with E-state index < -0.39 is 5.79 Å². The third-order valence-corrected chi connectivity index (χ3v) is 2.12. The number of amides is 1. The summed E-state index contributed by atoms with van der Waals surface area (Å²) >= 11 is 0. The number of fused-ring (bicyclic) bond motifs is 1. The highest BCUT2D eigenvalue weighted by Gasteiger charge is 2.31. The molecule has 1 aromatic carbocycles. The molecule has 2 rings (SSSR count). The second-order valence-electron chi connectivity index (χ2n) is 4.02. The van der Waals surface area contributed by atoms with Gasteiger partial charge in [-0.25, -0.2) is 0 Å². The molecule has 16 heavy (non-hydrogen) atoms. The third kappa shape index (κ3) is 2.09. The molecule has 0 aliphatic carbocycles. The summed E-state index contributed by atoms with van der Waals surface area (Å²) in [7, 11) is 0. The van der Waals surface area contributed by atoms with Crippen molar-refractivity contribution in [3.05, 3.63) is 18.2 Å². The zero-order valence-electron chi connectivity index (χ0n) is 9.24. The van der Waals surface area contributed by atoms with Gasteiger partial charge in [0.15, 0.2) is 11.5 Å². The van der Waals surface area contributed by atoms with Crippen LogP contribution in [0.3, 0.4) is 0 Å². The van der Waals surface area contributed by atoms with Crippen molar-refractivity contribution in [2.75, 3.05) is 11.9 Å². The van der Waals surface area contributed by atoms with Crippen molar-refractivity contribution < 1.29 is 14.3 Å². The van der Waals surface area contributed by atoms with E-state index in [2.05, 4.69) is 5.32 Å². The number of benzene rings is 1. The Hall–Kier alpha value is -1.75. The molecular weight excluding hydrogens is 208 g/mol. The molecule has 0 saturated carbocycles. The minimum absolute atomic E-state index is 0.0417. The van der Waals surface area contributed by atoms with Crippen LogP contribution in [0.15, 0.2) is 18.2 Å². The van der Waals surface area contributed by atoms with Crippen LogP contribution in [-0.4, -0.2) is 18.2 Å². The second kappa shape index (κ2) is 3.68. The second-order valence-corrected chi connectivity index (χ2v) is 4.02. The fourth-order valence-corrected chi connectivity index (χ4v) is 1.51. The fraction of sp³-hybridized carbons (Fsp3) is 0.364. The molecule has 1 heterocycles. The summed E-state index contributed by atoms with van der Waals surface area (Å²) in [6.07, 6.45) is 0. The zero-order chi connectivity index (χ0) is 11.8. The van der Waals surface area contributed by atoms with Gasteiger partial charge >= 0.3 is 0 Å². The number of nitrogens with one attached hydrogen (secondary N) is 1. The molecule has 5 heteroatoms. The molecule has 0 spiro atoms. The van der Waals surface area contributed by atoms with Gasteiger partial charge < -0.3 is 20.5 Å². The van der Waals surface area contributed by atoms with Crippen molar-refractivity contribution in [1.29, 1.82) is 0 Å². The van der Waals surface area contributed by atoms with E-state index in [0.717, 1.165) is 0 Å². The van der Waals surface area contributed by atoms with Gasteiger partial charge in [-0.05, 0) is 12.1 Å². The van der Waals surface area contributed by atoms with Crippen molar-refractivity contribution in [2.45, 2.75) is 19.6 Å². The summed E-state index contributed by atoms with van der Waals surface area (Å²) in [5, 5.41) is 2.65. The van der Waals surface area contributed by atoms with Crippen LogP contribution in [-0.2, 0) is 4.79 Å². The van der Waals surface area contributed by atoms with Crippen LogP contribution in [0.4, 0.5) is 5.69 Å². The van der Waals surface area contributed by atoms with E-state index in [4.69, 9.17) is 15.2 Å². The maximum absolute atomic E-state index is 11.1. The lowest BCUT2D eigenvalue weighted by atomic mass is 10.3. The molecule has 0 unspecified atom stereocenters. The van der Waals surface area contributed by atoms with Crippen LogP contribution in [0.5, 0.6) is 11.5 Å². The van der Waals surface area contributed by atoms with Crippen LogP contribution >= 0.6 is 0 Å². The summed E-state index contributed by atoms with van der Waals surface area (Å²) in [5.74, 6) is 0.410. The number of hydrogen-bond acceptors (Lipinski definition) is 4. The van der Waals surface area contributed by atoms with Crippen LogP contribution in [0.2, 0.25) is 0 Å². The lowest BCUT2D eigenvalue weighted by Crippen LogP contribution is -2.29. The minimum Gasteiger partial charge on any atom is -0.449 e. The average Bonchev–Trinajstić information content (AvgIpc) is 2.51. The highest BCUT2D eigenvalue weighted by molar-refractivity contribution is 5.92. The first-order valence-electron chi connectivity index (χ1n) is 5.02. The van der Waals surface area contributed by atoms with Crippen LogP contribution in [0, 0.1) is 0 Å². The topological polar surface area (TPSA) is 73.6 Å². The Morgan fingerprint density at radius 3 is 2.75 bits per heavy atom. The van der Waals surface area contributed by atoms with Crippen molar-refractivity contribution in [2.24, 2.45) is 5.73 Å². The molecule has 1 aromatic rings. The highest BCUT2D eigenvalue weighted by atomic mass is 16.7. The van der Waals surface area contributed by atoms with Gasteiger partial charge in [-0.15, -0.1) is 0 Å². The predicted molar refractivity (Wildman–Crippen MR) is 59.5 cm³/mol. The van der Waals surface area contributed by atoms with Crippen molar-refractivity contribution >= 4 is 11.6 Å². The number of anilines is 1. The smallest absolute Gasteiger partial charge is 0.246 e. The summed E-state index contributed by atoms with van der Waals surface area (Å²) < 4.78 is 11.1. The normalized spacial score (nSPS) is 15.9. The zero-order valence-corrected chi connectivity index (χ0v) is 9.24. The number of hydrogen-bond donors (Lipinski definition) is 2. The van der Waals surface area contributed by atoms with E-state index in [1.54, 1.807) is 18.2 Å². The molecule has 1 aliphatic rings. The molecule has 0 bridgehead atoms. The Kier molecular flexibility index (Phi) is 2.47. The first kappa shape index (κ1) is 10.8. The first-order valence-corrected chi connectivity index (χ1v) is 5.02. The number of carbonyl (C=O) groups is 1. The highest BCUT2D eigenvalue weighted by Crippen LogP contribution is 2.40. The Bertz CT molecular complexity index is 429. The minimum atomic E-state index is -0.654. The quantitative estimate of drug-likeness (QED) is 0.785. The van der Waals surface area contributed by atoms with Crippen LogP contribution in [0.1, 0.15) is 13.8 Å². The average molecular weight is 222 g/mol. The van der Waals surface area contributed by atoms with E-state index in [-0.39, 0.29) is 12.5 Å². The van der Waals surface area contributed by atoms with Crippen LogP contribution in [0.25, 0.3) is 0 Å². The van der Waals surface area contributed by atoms with E-state index in [0.29, 0.717) is 17.2 Å². The van der Waals surface area contributed by atoms with Gasteiger partial charge in [0.25, 0.3) is 0 Å². The van der Waals surface area contributed by atoms with Gasteiger partial charge in [-0.2, -0.15) is 0 Å². The van der Waals surface area contributed by atoms with E-state index in [1.807, 2.05) is 13.8 Å². The van der Waals surface area contributed by atoms with Crippen LogP contribution < -0.4 is 20.5 Å². The molecule has 1 aliphatic heterocycles. The maximum Gasteiger partial charge on any atom is 0.246 e. The predicted octanol–water partition coefficient (Wildman–Crippen LogP) is 1.09. The van der Waals surface area contributed by atoms with Crippen molar-refractivity contribution in [3.8, 4) is 11.5 Å². The molecule has 86 valence electrons. The Balaban J connectivity index is 2.19. The number of rotatable bonds is 2. The largest absolute Gasteiger partial charge is 0.449 e. The van der Waals surface area contributed by atoms with E-state index in [9.17, 15) is 4.79 Å². The summed E-state index contributed by atoms with van der Waals surface area (Å²) in [6.45, 7) is 3.61. The van der Waals surface area contributed by atoms with Gasteiger partial charge in [0.2, 0.25) is 11.7 Å². The van der Waals surface area contributed by atoms with E-state index >= 15 is 0 Å². The Labute approximate surface area is 93.5 Å². The van der Waals surface area contributed by atoms with E-state index in [1.165, 1.54) is 0 Å². The Morgan fingerprint density at radius 2 is 2.06 bits per heavy atom. The van der Waals surface area contributed by atoms with Gasteiger partial charge in [0.1, 0.15) is 0 Å². The van der Waals surface area contributed by atoms with Gasteiger partial charge in [0.05, 0.1) is 6.54 Å². The molecule has 1 amide bonds. The number of carbonyl (C=O) groups excluding carboxylic acids is 1. The Morgan fingerprint density at radius 1 is 1.38 bits per heavy atom. The molecule has 5 nitrogen and oxygen atoms in total. The summed E-state index contributed by atoms with van der Waals surface area (Å²) in [5.41, 5.74) is 5.86. The first-order chi connectivity index (χ1) is 7.50. The molecular formula is C11H14N2O3. The molecule has 0 aromatic heterocycles. The standard InChI is InChI=1S/C11H14N2O3/c1-11(2)15-8-4-3-7(5-9(8)16-11)13-10(14)6-12/h3-5H,6,12H2,1-2H3,(H,13,14). The number of ether oxygens (including phenoxy) is 2. The maximum atomic E-state index is 11.1. The van der Waals surface area contributed by atoms with Gasteiger partial charge in [0, 0.05) is 25.6 Å². The van der Waals surface area contributed by atoms with Crippen molar-refractivity contribution in [1.82, 2.24) is 0 Å². The third-order valence-electron chi connectivity index (χ3n) is 2.12. The van der Waals surface area contributed by atoms with Crippen molar-refractivity contribution in [3.63, 3.8) is 0 Å². The van der Waals surface area contributed by atoms with Gasteiger partial charge in [-0.3, -0.25) is 4.79 Å². The molecule has 0 radical (unpaired) electrons. The lowest BCUT2D eigenvalue weighted by Gasteiger charge is -2.16. The number of nitrogens with two attached hydrogens (primary N) is 1. The van der Waals surface area contributed by atoms with Gasteiger partial charge in [-0.1, -0.05) is 0 Å². The lowest BCUT2D eigenvalue weighted by molar-refractivity contribution is -0.114. The molecule has 0 fully saturated rings. The SMILES string of the molecule is CC1(C)Oc2ccc(NC(=O)CN)cc2O1.